The fourth-order valence-electron chi connectivity index (χ4n) is 1.82. The molecule has 0 aliphatic heterocycles. The Morgan fingerprint density at radius 1 is 1.29 bits per heavy atom. The molecule has 7 heteroatoms. The number of carbonyl (C=O) groups is 3. The first-order chi connectivity index (χ1) is 9.97. The molecule has 0 fully saturated rings. The van der Waals surface area contributed by atoms with Crippen LogP contribution in [0.25, 0.3) is 0 Å². The number of carbonyl (C=O) groups excluding carboxylic acids is 2. The van der Waals surface area contributed by atoms with E-state index in [2.05, 4.69) is 10.6 Å². The summed E-state index contributed by atoms with van der Waals surface area (Å²) in [5.74, 6) is -1.27. The molecule has 0 bridgehead atoms. The van der Waals surface area contributed by atoms with E-state index >= 15 is 0 Å². The van der Waals surface area contributed by atoms with E-state index in [1.165, 1.54) is 0 Å². The lowest BCUT2D eigenvalue weighted by atomic mass is 10.1. The maximum Gasteiger partial charge on any atom is 0.321 e. The highest BCUT2D eigenvalue weighted by atomic mass is 32.1. The van der Waals surface area contributed by atoms with Gasteiger partial charge in [0.25, 0.3) is 0 Å². The van der Waals surface area contributed by atoms with Crippen LogP contribution in [0.4, 0.5) is 4.79 Å². The van der Waals surface area contributed by atoms with Gasteiger partial charge in [-0.25, -0.2) is 4.79 Å². The first kappa shape index (κ1) is 17.2. The Morgan fingerprint density at radius 2 is 2.00 bits per heavy atom. The minimum absolute atomic E-state index is 0.0388. The molecule has 0 saturated heterocycles. The number of nitrogens with one attached hydrogen (secondary N) is 2. The van der Waals surface area contributed by atoms with Gasteiger partial charge >= 0.3 is 12.0 Å². The van der Waals surface area contributed by atoms with Crippen molar-refractivity contribution in [3.05, 3.63) is 22.4 Å². The smallest absolute Gasteiger partial charge is 0.321 e. The van der Waals surface area contributed by atoms with Gasteiger partial charge in [-0.3, -0.25) is 14.9 Å². The summed E-state index contributed by atoms with van der Waals surface area (Å²) in [5, 5.41) is 17.4. The summed E-state index contributed by atoms with van der Waals surface area (Å²) in [6.45, 7) is 1.87. The van der Waals surface area contributed by atoms with Crippen molar-refractivity contribution in [2.24, 2.45) is 0 Å². The lowest BCUT2D eigenvalue weighted by molar-refractivity contribution is -0.137. The Labute approximate surface area is 127 Å². The number of amides is 3. The van der Waals surface area contributed by atoms with Crippen LogP contribution in [0.15, 0.2) is 16.8 Å². The van der Waals surface area contributed by atoms with Gasteiger partial charge in [0, 0.05) is 18.9 Å². The molecule has 3 amide bonds. The topological polar surface area (TPSA) is 95.5 Å². The van der Waals surface area contributed by atoms with Gasteiger partial charge in [-0.15, -0.1) is 0 Å². The highest BCUT2D eigenvalue weighted by molar-refractivity contribution is 7.07. The third-order valence-electron chi connectivity index (χ3n) is 2.80. The first-order valence-electron chi connectivity index (χ1n) is 6.80. The van der Waals surface area contributed by atoms with Crippen LogP contribution in [0.1, 0.15) is 38.2 Å². The number of imide groups is 1. The summed E-state index contributed by atoms with van der Waals surface area (Å²) in [5.41, 5.74) is 1.15. The largest absolute Gasteiger partial charge is 0.481 e. The van der Waals surface area contributed by atoms with Gasteiger partial charge in [-0.05, 0) is 48.6 Å². The summed E-state index contributed by atoms with van der Waals surface area (Å²) < 4.78 is 0. The van der Waals surface area contributed by atoms with E-state index < -0.39 is 12.0 Å². The van der Waals surface area contributed by atoms with E-state index in [0.717, 1.165) is 5.56 Å². The molecule has 1 unspecified atom stereocenters. The van der Waals surface area contributed by atoms with Crippen molar-refractivity contribution < 1.29 is 19.5 Å². The number of thiophene rings is 1. The van der Waals surface area contributed by atoms with Crippen LogP contribution in [0.2, 0.25) is 0 Å². The molecule has 0 saturated carbocycles. The summed E-state index contributed by atoms with van der Waals surface area (Å²) >= 11 is 1.60. The van der Waals surface area contributed by atoms with Crippen molar-refractivity contribution in [3.63, 3.8) is 0 Å². The molecule has 1 rings (SSSR count). The molecule has 21 heavy (non-hydrogen) atoms. The van der Waals surface area contributed by atoms with E-state index in [-0.39, 0.29) is 24.8 Å². The molecule has 0 aromatic carbocycles. The molecule has 0 aliphatic rings. The quantitative estimate of drug-likeness (QED) is 0.641. The molecular weight excluding hydrogens is 292 g/mol. The van der Waals surface area contributed by atoms with E-state index in [1.807, 2.05) is 23.8 Å². The number of rotatable bonds is 8. The minimum Gasteiger partial charge on any atom is -0.481 e. The second-order valence-electron chi connectivity index (χ2n) is 4.86. The molecular formula is C14H20N2O4S. The molecule has 1 atom stereocenters. The van der Waals surface area contributed by atoms with Crippen LogP contribution in [0, 0.1) is 0 Å². The maximum absolute atomic E-state index is 11.6. The van der Waals surface area contributed by atoms with Gasteiger partial charge in [0.15, 0.2) is 0 Å². The highest BCUT2D eigenvalue weighted by Gasteiger charge is 2.11. The number of carboxylic acid groups (broad SMARTS) is 1. The highest BCUT2D eigenvalue weighted by Crippen LogP contribution is 2.08. The van der Waals surface area contributed by atoms with Crippen LogP contribution < -0.4 is 10.6 Å². The molecule has 0 aliphatic carbocycles. The normalized spacial score (nSPS) is 11.7. The standard InChI is InChI=1S/C14H20N2O4S/c1-10(8-11-6-7-21-9-11)15-14(20)16-12(17)4-2-3-5-13(18)19/h6-7,9-10H,2-5,8H2,1H3,(H,18,19)(H2,15,16,17,20). The van der Waals surface area contributed by atoms with Gasteiger partial charge in [-0.2, -0.15) is 11.3 Å². The number of hydrogen-bond acceptors (Lipinski definition) is 4. The molecule has 6 nitrogen and oxygen atoms in total. The predicted octanol–water partition coefficient (Wildman–Crippen LogP) is 2.15. The fourth-order valence-corrected chi connectivity index (χ4v) is 2.51. The van der Waals surface area contributed by atoms with Crippen molar-refractivity contribution in [1.82, 2.24) is 10.6 Å². The average Bonchev–Trinajstić information content (AvgIpc) is 2.86. The van der Waals surface area contributed by atoms with Crippen LogP contribution >= 0.6 is 11.3 Å². The van der Waals surface area contributed by atoms with Gasteiger partial charge in [0.05, 0.1) is 0 Å². The lowest BCUT2D eigenvalue weighted by Gasteiger charge is -2.13. The number of carboxylic acids is 1. The summed E-state index contributed by atoms with van der Waals surface area (Å²) in [6, 6.07) is 1.41. The Balaban J connectivity index is 2.17. The zero-order valence-corrected chi connectivity index (χ0v) is 12.7. The van der Waals surface area contributed by atoms with E-state index in [4.69, 9.17) is 5.11 Å². The second-order valence-corrected chi connectivity index (χ2v) is 5.64. The second kappa shape index (κ2) is 9.12. The van der Waals surface area contributed by atoms with Crippen molar-refractivity contribution in [2.75, 3.05) is 0 Å². The third kappa shape index (κ3) is 8.09. The molecule has 0 spiro atoms. The number of urea groups is 1. The SMILES string of the molecule is CC(Cc1ccsc1)NC(=O)NC(=O)CCCCC(=O)O. The molecule has 1 heterocycles. The fraction of sp³-hybridized carbons (Fsp3) is 0.500. The molecule has 1 aromatic rings. The average molecular weight is 312 g/mol. The van der Waals surface area contributed by atoms with Gasteiger partial charge in [0.2, 0.25) is 5.91 Å². The molecule has 1 aromatic heterocycles. The predicted molar refractivity (Wildman–Crippen MR) is 80.3 cm³/mol. The van der Waals surface area contributed by atoms with E-state index in [9.17, 15) is 14.4 Å². The zero-order chi connectivity index (χ0) is 15.7. The van der Waals surface area contributed by atoms with Crippen LogP contribution in [-0.4, -0.2) is 29.1 Å². The van der Waals surface area contributed by atoms with E-state index in [0.29, 0.717) is 19.3 Å². The van der Waals surface area contributed by atoms with Crippen molar-refractivity contribution in [3.8, 4) is 0 Å². The van der Waals surface area contributed by atoms with Gasteiger partial charge in [0.1, 0.15) is 0 Å². The van der Waals surface area contributed by atoms with Gasteiger partial charge in [-0.1, -0.05) is 0 Å². The maximum atomic E-state index is 11.6. The van der Waals surface area contributed by atoms with Crippen molar-refractivity contribution in [1.29, 1.82) is 0 Å². The summed E-state index contributed by atoms with van der Waals surface area (Å²) in [4.78, 5) is 33.4. The molecule has 116 valence electrons. The molecule has 3 N–H and O–H groups in total. The Hall–Kier alpha value is -1.89. The Morgan fingerprint density at radius 3 is 2.62 bits per heavy atom. The third-order valence-corrected chi connectivity index (χ3v) is 3.53. The summed E-state index contributed by atoms with van der Waals surface area (Å²) in [6.07, 6.45) is 1.79. The van der Waals surface area contributed by atoms with Crippen molar-refractivity contribution >= 4 is 29.2 Å². The van der Waals surface area contributed by atoms with Crippen LogP contribution in [-0.2, 0) is 16.0 Å². The first-order valence-corrected chi connectivity index (χ1v) is 7.75. The number of aliphatic carboxylic acids is 1. The van der Waals surface area contributed by atoms with Crippen LogP contribution in [0.5, 0.6) is 0 Å². The molecule has 0 radical (unpaired) electrons. The zero-order valence-electron chi connectivity index (χ0n) is 11.9. The summed E-state index contributed by atoms with van der Waals surface area (Å²) in [7, 11) is 0. The minimum atomic E-state index is -0.879. The Bertz CT molecular complexity index is 473. The van der Waals surface area contributed by atoms with Crippen molar-refractivity contribution in [2.45, 2.75) is 45.1 Å². The monoisotopic (exact) mass is 312 g/mol. The van der Waals surface area contributed by atoms with E-state index in [1.54, 1.807) is 11.3 Å². The number of unbranched alkanes of at least 4 members (excludes halogenated alkanes) is 1. The lowest BCUT2D eigenvalue weighted by Crippen LogP contribution is -2.44. The number of hydrogen-bond donors (Lipinski definition) is 3. The van der Waals surface area contributed by atoms with Crippen LogP contribution in [0.3, 0.4) is 0 Å². The Kier molecular flexibility index (Phi) is 7.45. The van der Waals surface area contributed by atoms with Gasteiger partial charge < -0.3 is 10.4 Å².